The van der Waals surface area contributed by atoms with Crippen LogP contribution < -0.4 is 4.90 Å². The molecule has 1 aliphatic heterocycles. The van der Waals surface area contributed by atoms with Crippen molar-refractivity contribution in [3.8, 4) is 0 Å². The maximum Gasteiger partial charge on any atom is 0.287 e. The highest BCUT2D eigenvalue weighted by atomic mass is 32.1. The molecule has 0 amide bonds. The first kappa shape index (κ1) is 14.9. The van der Waals surface area contributed by atoms with Gasteiger partial charge in [0.15, 0.2) is 0 Å². The number of nitrogens with zero attached hydrogens (tertiary/aromatic N) is 5. The summed E-state index contributed by atoms with van der Waals surface area (Å²) in [5.41, 5.74) is 1.16. The Morgan fingerprint density at radius 1 is 1.32 bits per heavy atom. The van der Waals surface area contributed by atoms with E-state index < -0.39 is 4.92 Å². The molecule has 1 saturated heterocycles. The van der Waals surface area contributed by atoms with E-state index in [0.29, 0.717) is 0 Å². The van der Waals surface area contributed by atoms with Crippen LogP contribution in [-0.4, -0.2) is 46.0 Å². The number of hydrogen-bond donors (Lipinski definition) is 0. The van der Waals surface area contributed by atoms with Crippen LogP contribution in [0.15, 0.2) is 23.7 Å². The lowest BCUT2D eigenvalue weighted by Crippen LogP contribution is -2.46. The number of thiazole rings is 1. The summed E-state index contributed by atoms with van der Waals surface area (Å²) in [7, 11) is 0. The lowest BCUT2D eigenvalue weighted by Gasteiger charge is -2.35. The lowest BCUT2D eigenvalue weighted by atomic mass is 10.3. The number of hydrogen-bond acceptors (Lipinski definition) is 7. The molecule has 1 fully saturated rings. The molecule has 0 aliphatic carbocycles. The van der Waals surface area contributed by atoms with Crippen LogP contribution in [0.4, 0.5) is 11.5 Å². The number of nitro groups is 1. The molecule has 0 radical (unpaired) electrons. The van der Waals surface area contributed by atoms with Crippen molar-refractivity contribution in [1.82, 2.24) is 14.9 Å². The molecule has 0 unspecified atom stereocenters. The molecule has 0 spiro atoms. The smallest absolute Gasteiger partial charge is 0.287 e. The molecule has 0 N–H and O–H groups in total. The summed E-state index contributed by atoms with van der Waals surface area (Å²) in [6, 6.07) is 3.23. The van der Waals surface area contributed by atoms with Crippen LogP contribution >= 0.6 is 11.3 Å². The second-order valence-corrected chi connectivity index (χ2v) is 6.31. The SMILES string of the molecule is Cc1nc(CN2CCN(c3ccc([N+](=O)[O-])cn3)CC2)cs1. The van der Waals surface area contributed by atoms with Crippen molar-refractivity contribution in [1.29, 1.82) is 0 Å². The monoisotopic (exact) mass is 319 g/mol. The average Bonchev–Trinajstić information content (AvgIpc) is 2.93. The molecule has 0 atom stereocenters. The summed E-state index contributed by atoms with van der Waals surface area (Å²) in [6.07, 6.45) is 1.32. The minimum atomic E-state index is -0.426. The van der Waals surface area contributed by atoms with E-state index in [2.05, 4.69) is 25.1 Å². The van der Waals surface area contributed by atoms with Gasteiger partial charge in [0.05, 0.1) is 15.6 Å². The number of pyridine rings is 1. The van der Waals surface area contributed by atoms with Crippen molar-refractivity contribution >= 4 is 22.8 Å². The molecular formula is C14H17N5O2S. The summed E-state index contributed by atoms with van der Waals surface area (Å²) >= 11 is 1.68. The van der Waals surface area contributed by atoms with Crippen molar-refractivity contribution in [2.75, 3.05) is 31.1 Å². The van der Waals surface area contributed by atoms with Gasteiger partial charge in [0.1, 0.15) is 12.0 Å². The van der Waals surface area contributed by atoms with Gasteiger partial charge in [0.2, 0.25) is 0 Å². The first-order chi connectivity index (χ1) is 10.6. The van der Waals surface area contributed by atoms with E-state index in [9.17, 15) is 10.1 Å². The fraction of sp³-hybridized carbons (Fsp3) is 0.429. The Labute approximate surface area is 132 Å². The second kappa shape index (κ2) is 6.37. The Bertz CT molecular complexity index is 650. The summed E-state index contributed by atoms with van der Waals surface area (Å²) in [5, 5.41) is 13.9. The van der Waals surface area contributed by atoms with Crippen molar-refractivity contribution < 1.29 is 4.92 Å². The van der Waals surface area contributed by atoms with Crippen LogP contribution in [0.5, 0.6) is 0 Å². The molecule has 0 aromatic carbocycles. The fourth-order valence-electron chi connectivity index (χ4n) is 2.52. The summed E-state index contributed by atoms with van der Waals surface area (Å²) in [4.78, 5) is 23.4. The number of anilines is 1. The molecule has 22 heavy (non-hydrogen) atoms. The van der Waals surface area contributed by atoms with Crippen molar-refractivity contribution in [2.45, 2.75) is 13.5 Å². The molecule has 7 nitrogen and oxygen atoms in total. The molecule has 1 aliphatic rings. The normalized spacial score (nSPS) is 16.0. The van der Waals surface area contributed by atoms with Gasteiger partial charge in [-0.05, 0) is 13.0 Å². The standard InChI is InChI=1S/C14H17N5O2S/c1-11-16-12(10-22-11)9-17-4-6-18(7-5-17)14-3-2-13(8-15-14)19(20)21/h2-3,8,10H,4-7,9H2,1H3. The van der Waals surface area contributed by atoms with Crippen molar-refractivity contribution in [3.63, 3.8) is 0 Å². The molecule has 3 heterocycles. The molecule has 2 aromatic heterocycles. The lowest BCUT2D eigenvalue weighted by molar-refractivity contribution is -0.385. The topological polar surface area (TPSA) is 75.4 Å². The summed E-state index contributed by atoms with van der Waals surface area (Å²) in [5.74, 6) is 0.801. The highest BCUT2D eigenvalue weighted by Gasteiger charge is 2.19. The Hall–Kier alpha value is -2.06. The molecule has 2 aromatic rings. The zero-order valence-electron chi connectivity index (χ0n) is 12.3. The third-order valence-electron chi connectivity index (χ3n) is 3.69. The van der Waals surface area contributed by atoms with E-state index in [-0.39, 0.29) is 5.69 Å². The van der Waals surface area contributed by atoms with E-state index in [1.54, 1.807) is 17.4 Å². The van der Waals surface area contributed by atoms with Gasteiger partial charge < -0.3 is 4.90 Å². The van der Waals surface area contributed by atoms with Gasteiger partial charge in [-0.3, -0.25) is 15.0 Å². The molecule has 116 valence electrons. The van der Waals surface area contributed by atoms with Crippen LogP contribution in [0, 0.1) is 17.0 Å². The minimum absolute atomic E-state index is 0.0290. The highest BCUT2D eigenvalue weighted by Crippen LogP contribution is 2.18. The third-order valence-corrected chi connectivity index (χ3v) is 4.51. The van der Waals surface area contributed by atoms with Gasteiger partial charge in [-0.15, -0.1) is 11.3 Å². The summed E-state index contributed by atoms with van der Waals surface area (Å²) in [6.45, 7) is 6.52. The molecule has 8 heteroatoms. The molecule has 3 rings (SSSR count). The van der Waals surface area contributed by atoms with E-state index in [4.69, 9.17) is 0 Å². The zero-order chi connectivity index (χ0) is 15.5. The van der Waals surface area contributed by atoms with Crippen molar-refractivity contribution in [2.24, 2.45) is 0 Å². The Kier molecular flexibility index (Phi) is 4.30. The third kappa shape index (κ3) is 3.40. The first-order valence-corrected chi connectivity index (χ1v) is 7.98. The van der Waals surface area contributed by atoms with Gasteiger partial charge in [0.25, 0.3) is 5.69 Å². The molecular weight excluding hydrogens is 302 g/mol. The Morgan fingerprint density at radius 2 is 2.09 bits per heavy atom. The van der Waals surface area contributed by atoms with Crippen LogP contribution in [0.25, 0.3) is 0 Å². The van der Waals surface area contributed by atoms with Crippen LogP contribution in [0.2, 0.25) is 0 Å². The second-order valence-electron chi connectivity index (χ2n) is 5.25. The largest absolute Gasteiger partial charge is 0.354 e. The predicted molar refractivity (Wildman–Crippen MR) is 85.2 cm³/mol. The van der Waals surface area contributed by atoms with Crippen LogP contribution in [-0.2, 0) is 6.54 Å². The maximum absolute atomic E-state index is 10.6. The zero-order valence-corrected chi connectivity index (χ0v) is 13.1. The molecule has 0 saturated carbocycles. The number of rotatable bonds is 4. The maximum atomic E-state index is 10.6. The predicted octanol–water partition coefficient (Wildman–Crippen LogP) is 2.08. The van der Waals surface area contributed by atoms with Gasteiger partial charge in [0, 0.05) is 44.2 Å². The highest BCUT2D eigenvalue weighted by molar-refractivity contribution is 7.09. The van der Waals surface area contributed by atoms with Crippen molar-refractivity contribution in [3.05, 3.63) is 44.5 Å². The first-order valence-electron chi connectivity index (χ1n) is 7.10. The quantitative estimate of drug-likeness (QED) is 0.634. The van der Waals surface area contributed by atoms with Gasteiger partial charge in [-0.2, -0.15) is 0 Å². The molecule has 0 bridgehead atoms. The number of aryl methyl sites for hydroxylation is 1. The average molecular weight is 319 g/mol. The van der Waals surface area contributed by atoms with E-state index >= 15 is 0 Å². The van der Waals surface area contributed by atoms with Crippen LogP contribution in [0.1, 0.15) is 10.7 Å². The number of aromatic nitrogens is 2. The summed E-state index contributed by atoms with van der Waals surface area (Å²) < 4.78 is 0. The van der Waals surface area contributed by atoms with Crippen LogP contribution in [0.3, 0.4) is 0 Å². The number of piperazine rings is 1. The van der Waals surface area contributed by atoms with E-state index in [1.165, 1.54) is 12.3 Å². The van der Waals surface area contributed by atoms with Gasteiger partial charge in [-0.25, -0.2) is 9.97 Å². The van der Waals surface area contributed by atoms with Gasteiger partial charge in [-0.1, -0.05) is 0 Å². The van der Waals surface area contributed by atoms with E-state index in [1.807, 2.05) is 6.92 Å². The Balaban J connectivity index is 1.56. The van der Waals surface area contributed by atoms with Gasteiger partial charge >= 0.3 is 0 Å². The Morgan fingerprint density at radius 3 is 2.64 bits per heavy atom. The minimum Gasteiger partial charge on any atom is -0.354 e. The van der Waals surface area contributed by atoms with E-state index in [0.717, 1.165) is 49.2 Å². The fourth-order valence-corrected chi connectivity index (χ4v) is 3.12.